The molecule has 5 aliphatic heterocycles. The van der Waals surface area contributed by atoms with E-state index in [1.807, 2.05) is 36.9 Å². The van der Waals surface area contributed by atoms with Gasteiger partial charge >= 0.3 is 0 Å². The maximum Gasteiger partial charge on any atom is 0.212 e. The standard InChI is InChI=1S/C29H30N8O3S/c1-40-28-3-2-19(11-33-28)15-36-23-9-24(36)18-35(17-23)27-14-31-26(13-32-27)25-8-21(20-4-6-41(38,39)7-5-20)16-37-29(25)22(10-30)12-34-37/h2-4,11-14,16,23-25H,5-9,15,17-18H2,1H3. The molecule has 210 valence electrons. The van der Waals surface area contributed by atoms with Crippen molar-refractivity contribution >= 4 is 21.9 Å². The number of fused-ring (bicyclic) bond motifs is 3. The first kappa shape index (κ1) is 25.9. The summed E-state index contributed by atoms with van der Waals surface area (Å²) in [6.07, 6.45) is 13.1. The summed E-state index contributed by atoms with van der Waals surface area (Å²) in [4.78, 5) is 18.9. The number of anilines is 1. The number of sulfone groups is 1. The van der Waals surface area contributed by atoms with Crippen LogP contribution in [0.3, 0.4) is 0 Å². The molecule has 0 N–H and O–H groups in total. The summed E-state index contributed by atoms with van der Waals surface area (Å²) in [5.41, 5.74) is 5.32. The van der Waals surface area contributed by atoms with E-state index in [9.17, 15) is 13.7 Å². The zero-order valence-corrected chi connectivity index (χ0v) is 23.5. The van der Waals surface area contributed by atoms with Crippen LogP contribution in [0.2, 0.25) is 0 Å². The summed E-state index contributed by atoms with van der Waals surface area (Å²) in [5, 5.41) is 14.2. The lowest BCUT2D eigenvalue weighted by molar-refractivity contribution is -0.00879. The zero-order valence-electron chi connectivity index (χ0n) is 22.7. The summed E-state index contributed by atoms with van der Waals surface area (Å²) >= 11 is 0. The Labute approximate surface area is 238 Å². The van der Waals surface area contributed by atoms with Crippen LogP contribution in [0.1, 0.15) is 47.7 Å². The Morgan fingerprint density at radius 2 is 1.93 bits per heavy atom. The summed E-state index contributed by atoms with van der Waals surface area (Å²) in [7, 11) is -1.40. The van der Waals surface area contributed by atoms with Gasteiger partial charge in [0.25, 0.3) is 0 Å². The fourth-order valence-corrected chi connectivity index (χ4v) is 7.65. The lowest BCUT2D eigenvalue weighted by Gasteiger charge is -2.56. The first-order valence-electron chi connectivity index (χ1n) is 13.8. The van der Waals surface area contributed by atoms with Gasteiger partial charge in [-0.15, -0.1) is 0 Å². The molecule has 3 atom stereocenters. The molecule has 5 aliphatic rings. The van der Waals surface area contributed by atoms with Crippen molar-refractivity contribution in [3.8, 4) is 11.9 Å². The van der Waals surface area contributed by atoms with Crippen molar-refractivity contribution in [3.63, 3.8) is 0 Å². The number of nitrogens with zero attached hydrogens (tertiary/aromatic N) is 8. The fourth-order valence-electron chi connectivity index (χ4n) is 6.50. The van der Waals surface area contributed by atoms with Gasteiger partial charge in [0.05, 0.1) is 60.1 Å². The highest BCUT2D eigenvalue weighted by Crippen LogP contribution is 2.40. The Hall–Kier alpha value is -4.08. The van der Waals surface area contributed by atoms with Crippen LogP contribution in [0.25, 0.3) is 6.20 Å². The Balaban J connectivity index is 1.07. The van der Waals surface area contributed by atoms with Crippen LogP contribution in [-0.2, 0) is 16.4 Å². The first-order chi connectivity index (χ1) is 19.9. The first-order valence-corrected chi connectivity index (χ1v) is 15.6. The van der Waals surface area contributed by atoms with Crippen LogP contribution in [-0.4, -0.2) is 81.8 Å². The molecule has 0 radical (unpaired) electrons. The van der Waals surface area contributed by atoms with Crippen LogP contribution in [0.5, 0.6) is 5.88 Å². The van der Waals surface area contributed by atoms with Crippen LogP contribution in [0.4, 0.5) is 5.82 Å². The number of hydrogen-bond acceptors (Lipinski definition) is 10. The van der Waals surface area contributed by atoms with Gasteiger partial charge in [0.1, 0.15) is 11.9 Å². The van der Waals surface area contributed by atoms with Gasteiger partial charge in [0, 0.05) is 50.2 Å². The number of ether oxygens (including phenoxy) is 1. The van der Waals surface area contributed by atoms with Crippen LogP contribution >= 0.6 is 0 Å². The van der Waals surface area contributed by atoms with Crippen molar-refractivity contribution in [1.82, 2.24) is 29.6 Å². The normalized spacial score (nSPS) is 24.9. The number of nitriles is 1. The van der Waals surface area contributed by atoms with Crippen molar-refractivity contribution < 1.29 is 13.2 Å². The van der Waals surface area contributed by atoms with Crippen molar-refractivity contribution in [3.05, 3.63) is 76.7 Å². The Bertz CT molecular complexity index is 1680. The molecule has 3 fully saturated rings. The van der Waals surface area contributed by atoms with Gasteiger partial charge in [-0.3, -0.25) is 9.88 Å². The largest absolute Gasteiger partial charge is 0.481 e. The number of piperazine rings is 1. The van der Waals surface area contributed by atoms with Crippen molar-refractivity contribution in [1.29, 1.82) is 5.26 Å². The van der Waals surface area contributed by atoms with E-state index in [2.05, 4.69) is 32.0 Å². The van der Waals surface area contributed by atoms with Crippen LogP contribution in [0.15, 0.2) is 54.1 Å². The second kappa shape index (κ2) is 10.1. The molecule has 0 spiro atoms. The smallest absolute Gasteiger partial charge is 0.212 e. The third kappa shape index (κ3) is 4.79. The van der Waals surface area contributed by atoms with Gasteiger partial charge in [-0.25, -0.2) is 23.1 Å². The Morgan fingerprint density at radius 1 is 1.07 bits per heavy atom. The molecule has 0 aliphatic carbocycles. The van der Waals surface area contributed by atoms with Gasteiger partial charge in [0.2, 0.25) is 5.88 Å². The second-order valence-electron chi connectivity index (χ2n) is 11.1. The molecule has 0 saturated carbocycles. The molecule has 3 saturated heterocycles. The summed E-state index contributed by atoms with van der Waals surface area (Å²) in [6, 6.07) is 7.16. The predicted octanol–water partition coefficient (Wildman–Crippen LogP) is 2.53. The molecule has 0 aromatic carbocycles. The Kier molecular flexibility index (Phi) is 6.36. The molecule has 3 aromatic heterocycles. The highest BCUT2D eigenvalue weighted by molar-refractivity contribution is 7.91. The monoisotopic (exact) mass is 570 g/mol. The van der Waals surface area contributed by atoms with E-state index in [-0.39, 0.29) is 17.4 Å². The second-order valence-corrected chi connectivity index (χ2v) is 13.4. The molecule has 12 heteroatoms. The molecule has 8 heterocycles. The zero-order chi connectivity index (χ0) is 28.1. The topological polar surface area (TPSA) is 130 Å². The number of piperidine rings is 1. The highest BCUT2D eigenvalue weighted by Gasteiger charge is 2.44. The number of aromatic nitrogens is 5. The van der Waals surface area contributed by atoms with Gasteiger partial charge < -0.3 is 9.64 Å². The molecule has 41 heavy (non-hydrogen) atoms. The lowest BCUT2D eigenvalue weighted by Crippen LogP contribution is -2.68. The predicted molar refractivity (Wildman–Crippen MR) is 152 cm³/mol. The van der Waals surface area contributed by atoms with E-state index in [0.717, 1.165) is 48.0 Å². The lowest BCUT2D eigenvalue weighted by atomic mass is 9.85. The average molecular weight is 571 g/mol. The molecule has 8 rings (SSSR count). The van der Waals surface area contributed by atoms with E-state index in [0.29, 0.717) is 36.4 Å². The maximum absolute atomic E-state index is 12.0. The summed E-state index contributed by atoms with van der Waals surface area (Å²) < 4.78 is 30.8. The minimum atomic E-state index is -3.03. The molecule has 11 nitrogen and oxygen atoms in total. The molecular formula is C29H30N8O3S. The molecular weight excluding hydrogens is 540 g/mol. The SMILES string of the molecule is COc1ccc(CN2C3CC2CN(c2cnc(C4CC(C5=CCS(=O)(=O)CC5)=Cn5ncc(C#N)c54)cn2)C3)cn1. The number of hydrogen-bond donors (Lipinski definition) is 0. The van der Waals surface area contributed by atoms with E-state index >= 15 is 0 Å². The minimum Gasteiger partial charge on any atom is -0.481 e. The van der Waals surface area contributed by atoms with E-state index < -0.39 is 9.84 Å². The third-order valence-electron chi connectivity index (χ3n) is 8.72. The van der Waals surface area contributed by atoms with Crippen molar-refractivity contribution in [2.45, 2.75) is 43.8 Å². The van der Waals surface area contributed by atoms with E-state index in [4.69, 9.17) is 14.7 Å². The van der Waals surface area contributed by atoms with E-state index in [1.165, 1.54) is 12.0 Å². The minimum absolute atomic E-state index is 0.0560. The van der Waals surface area contributed by atoms with Crippen molar-refractivity contribution in [2.75, 3.05) is 36.6 Å². The Morgan fingerprint density at radius 3 is 2.59 bits per heavy atom. The highest BCUT2D eigenvalue weighted by atomic mass is 32.2. The molecule has 3 aromatic rings. The van der Waals surface area contributed by atoms with Crippen LogP contribution < -0.4 is 9.64 Å². The summed E-state index contributed by atoms with van der Waals surface area (Å²) in [5.74, 6) is 1.49. The number of rotatable bonds is 6. The molecule has 0 amide bonds. The van der Waals surface area contributed by atoms with E-state index in [1.54, 1.807) is 18.0 Å². The van der Waals surface area contributed by atoms with Crippen LogP contribution in [0, 0.1) is 11.3 Å². The number of pyridine rings is 1. The maximum atomic E-state index is 12.0. The summed E-state index contributed by atoms with van der Waals surface area (Å²) in [6.45, 7) is 2.67. The molecule has 3 unspecified atom stereocenters. The van der Waals surface area contributed by atoms with Gasteiger partial charge in [-0.1, -0.05) is 12.1 Å². The fraction of sp³-hybridized carbons (Fsp3) is 0.414. The quantitative estimate of drug-likeness (QED) is 0.436. The molecule has 2 bridgehead atoms. The van der Waals surface area contributed by atoms with Gasteiger partial charge in [0.15, 0.2) is 9.84 Å². The average Bonchev–Trinajstić information content (AvgIpc) is 3.43. The van der Waals surface area contributed by atoms with Crippen molar-refractivity contribution in [2.24, 2.45) is 0 Å². The van der Waals surface area contributed by atoms with Gasteiger partial charge in [-0.05, 0) is 36.0 Å². The number of methoxy groups -OCH3 is 1. The third-order valence-corrected chi connectivity index (χ3v) is 10.2. The number of allylic oxidation sites excluding steroid dienone is 2. The van der Waals surface area contributed by atoms with Gasteiger partial charge in [-0.2, -0.15) is 10.4 Å².